The van der Waals surface area contributed by atoms with Crippen molar-refractivity contribution >= 4 is 18.3 Å². The van der Waals surface area contributed by atoms with E-state index < -0.39 is 6.97 Å². The summed E-state index contributed by atoms with van der Waals surface area (Å²) in [6, 6.07) is 5.67. The molecular weight excluding hydrogens is 319 g/mol. The Balaban J connectivity index is 2.22. The minimum absolute atomic E-state index is 0.577. The van der Waals surface area contributed by atoms with Crippen molar-refractivity contribution in [2.75, 3.05) is 0 Å². The van der Waals surface area contributed by atoms with Crippen LogP contribution in [0.1, 0.15) is 42.1 Å². The Morgan fingerprint density at radius 3 is 2.52 bits per heavy atom. The minimum atomic E-state index is -3.92. The SMILES string of the molecule is CC1=CC(C)=[N+]2C1=C(c1cccnc1C)c1c(C)cc(C)n1[B-]2(F)F. The molecule has 0 saturated heterocycles. The highest BCUT2D eigenvalue weighted by atomic mass is 19.2. The second-order valence-electron chi connectivity index (χ2n) is 6.97. The van der Waals surface area contributed by atoms with Gasteiger partial charge in [0.1, 0.15) is 5.71 Å². The average molecular weight is 339 g/mol. The summed E-state index contributed by atoms with van der Waals surface area (Å²) in [4.78, 5) is 4.39. The maximum absolute atomic E-state index is 15.5. The summed E-state index contributed by atoms with van der Waals surface area (Å²) in [7, 11) is 0. The quantitative estimate of drug-likeness (QED) is 0.712. The molecule has 0 radical (unpaired) electrons. The molecule has 4 rings (SSSR count). The van der Waals surface area contributed by atoms with E-state index in [2.05, 4.69) is 4.98 Å². The van der Waals surface area contributed by atoms with Gasteiger partial charge in [-0.25, -0.2) is 0 Å². The van der Waals surface area contributed by atoms with Crippen molar-refractivity contribution in [1.29, 1.82) is 0 Å². The molecule has 25 heavy (non-hydrogen) atoms. The van der Waals surface area contributed by atoms with Gasteiger partial charge < -0.3 is 17.6 Å². The summed E-state index contributed by atoms with van der Waals surface area (Å²) in [5.41, 5.74) is 6.67. The molecule has 6 heteroatoms. The molecule has 128 valence electrons. The fraction of sp³-hybridized carbons (Fsp3) is 0.263. The Morgan fingerprint density at radius 1 is 1.12 bits per heavy atom. The number of halogens is 2. The van der Waals surface area contributed by atoms with Gasteiger partial charge in [-0.15, -0.1) is 0 Å². The fourth-order valence-electron chi connectivity index (χ4n) is 4.30. The summed E-state index contributed by atoms with van der Waals surface area (Å²) in [5, 5.41) is 0. The molecule has 0 fully saturated rings. The maximum Gasteiger partial charge on any atom is 0.737 e. The molecule has 2 aromatic rings. The zero-order valence-electron chi connectivity index (χ0n) is 15.1. The van der Waals surface area contributed by atoms with E-state index in [1.807, 2.05) is 45.0 Å². The third-order valence-electron chi connectivity index (χ3n) is 5.21. The Morgan fingerprint density at radius 2 is 1.84 bits per heavy atom. The van der Waals surface area contributed by atoms with Crippen molar-refractivity contribution in [3.05, 3.63) is 70.0 Å². The first-order chi connectivity index (χ1) is 11.7. The second-order valence-corrected chi connectivity index (χ2v) is 6.97. The third-order valence-corrected chi connectivity index (χ3v) is 5.21. The van der Waals surface area contributed by atoms with Gasteiger partial charge in [0, 0.05) is 41.7 Å². The molecule has 0 aliphatic carbocycles. The van der Waals surface area contributed by atoms with E-state index in [0.717, 1.165) is 28.0 Å². The van der Waals surface area contributed by atoms with Crippen LogP contribution in [0.4, 0.5) is 8.63 Å². The molecule has 4 heterocycles. The highest BCUT2D eigenvalue weighted by molar-refractivity contribution is 6.58. The standard InChI is InChI=1S/C19H20BF2N3/c1-11-9-13(3)24-18(11)17(16-7-6-8-23-15(16)5)19-12(2)10-14(4)25(19)20(24,21)22/h6-10H,1-5H3. The van der Waals surface area contributed by atoms with Crippen LogP contribution in [0.15, 0.2) is 41.7 Å². The third kappa shape index (κ3) is 1.97. The van der Waals surface area contributed by atoms with Crippen LogP contribution in [0.5, 0.6) is 0 Å². The first kappa shape index (κ1) is 16.0. The summed E-state index contributed by atoms with van der Waals surface area (Å²) >= 11 is 0. The summed E-state index contributed by atoms with van der Waals surface area (Å²) in [6.07, 6.45) is 3.57. The van der Waals surface area contributed by atoms with Gasteiger partial charge in [0.25, 0.3) is 0 Å². The fourth-order valence-corrected chi connectivity index (χ4v) is 4.30. The van der Waals surface area contributed by atoms with Crippen LogP contribution in [-0.4, -0.2) is 26.6 Å². The van der Waals surface area contributed by atoms with Crippen LogP contribution >= 0.6 is 0 Å². The Bertz CT molecular complexity index is 1030. The van der Waals surface area contributed by atoms with Gasteiger partial charge in [-0.1, -0.05) is 6.07 Å². The normalized spacial score (nSPS) is 18.4. The van der Waals surface area contributed by atoms with Crippen molar-refractivity contribution in [3.63, 3.8) is 0 Å². The topological polar surface area (TPSA) is 20.8 Å². The van der Waals surface area contributed by atoms with Gasteiger partial charge in [-0.05, 0) is 51.1 Å². The highest BCUT2D eigenvalue weighted by Crippen LogP contribution is 2.44. The van der Waals surface area contributed by atoms with Crippen molar-refractivity contribution in [3.8, 4) is 0 Å². The van der Waals surface area contributed by atoms with Crippen molar-refractivity contribution in [2.24, 2.45) is 0 Å². The number of hydrogen-bond acceptors (Lipinski definition) is 1. The molecule has 0 unspecified atom stereocenters. The molecule has 3 nitrogen and oxygen atoms in total. The molecule has 0 amide bonds. The van der Waals surface area contributed by atoms with Crippen LogP contribution in [0.3, 0.4) is 0 Å². The first-order valence-electron chi connectivity index (χ1n) is 8.44. The van der Waals surface area contributed by atoms with Crippen LogP contribution in [-0.2, 0) is 0 Å². The van der Waals surface area contributed by atoms with Gasteiger partial charge in [-0.2, -0.15) is 0 Å². The molecule has 0 atom stereocenters. The number of allylic oxidation sites excluding steroid dienone is 2. The van der Waals surface area contributed by atoms with E-state index in [1.165, 1.54) is 8.96 Å². The van der Waals surface area contributed by atoms with Crippen LogP contribution in [0, 0.1) is 20.8 Å². The molecular formula is C19H20BF2N3. The summed E-state index contributed by atoms with van der Waals surface area (Å²) in [6.45, 7) is 5.29. The summed E-state index contributed by atoms with van der Waals surface area (Å²) < 4.78 is 33.4. The van der Waals surface area contributed by atoms with Gasteiger partial charge >= 0.3 is 6.97 Å². The zero-order valence-corrected chi connectivity index (χ0v) is 15.1. The monoisotopic (exact) mass is 339 g/mol. The summed E-state index contributed by atoms with van der Waals surface area (Å²) in [5.74, 6) is 0. The van der Waals surface area contributed by atoms with Crippen LogP contribution in [0.2, 0.25) is 0 Å². The molecule has 0 aromatic carbocycles. The van der Waals surface area contributed by atoms with E-state index in [0.29, 0.717) is 22.8 Å². The Hall–Kier alpha value is -2.50. The number of aromatic nitrogens is 2. The molecule has 2 aromatic heterocycles. The number of hydrogen-bond donors (Lipinski definition) is 0. The first-order valence-corrected chi connectivity index (χ1v) is 8.44. The molecule has 0 saturated carbocycles. The maximum atomic E-state index is 15.5. The van der Waals surface area contributed by atoms with Gasteiger partial charge in [0.15, 0.2) is 5.70 Å². The zero-order chi connectivity index (χ0) is 18.1. The van der Waals surface area contributed by atoms with Crippen LogP contribution in [0.25, 0.3) is 5.57 Å². The van der Waals surface area contributed by atoms with Gasteiger partial charge in [-0.3, -0.25) is 4.98 Å². The Labute approximate surface area is 146 Å². The van der Waals surface area contributed by atoms with E-state index in [-0.39, 0.29) is 0 Å². The van der Waals surface area contributed by atoms with Crippen LogP contribution < -0.4 is 0 Å². The molecule has 0 N–H and O–H groups in total. The molecule has 0 spiro atoms. The molecule has 2 aliphatic heterocycles. The van der Waals surface area contributed by atoms with Crippen molar-refractivity contribution in [2.45, 2.75) is 34.6 Å². The average Bonchev–Trinajstić information content (AvgIpc) is 2.99. The second kappa shape index (κ2) is 5.00. The predicted octanol–water partition coefficient (Wildman–Crippen LogP) is 4.24. The molecule has 2 aliphatic rings. The highest BCUT2D eigenvalue weighted by Gasteiger charge is 2.55. The Kier molecular flexibility index (Phi) is 3.20. The lowest BCUT2D eigenvalue weighted by Gasteiger charge is -2.34. The number of aryl methyl sites for hydroxylation is 3. The van der Waals surface area contributed by atoms with Gasteiger partial charge in [0.2, 0.25) is 0 Å². The van der Waals surface area contributed by atoms with E-state index >= 15 is 8.63 Å². The minimum Gasteiger partial charge on any atom is -0.393 e. The predicted molar refractivity (Wildman–Crippen MR) is 97.0 cm³/mol. The van der Waals surface area contributed by atoms with Crippen molar-refractivity contribution in [1.82, 2.24) is 9.46 Å². The number of rotatable bonds is 1. The number of nitrogens with zero attached hydrogens (tertiary/aromatic N) is 3. The number of fused-ring (bicyclic) bond motifs is 2. The van der Waals surface area contributed by atoms with Crippen molar-refractivity contribution < 1.29 is 13.1 Å². The van der Waals surface area contributed by atoms with E-state index in [1.54, 1.807) is 20.0 Å². The molecule has 0 bridgehead atoms. The lowest BCUT2D eigenvalue weighted by atomic mass is 9.83. The van der Waals surface area contributed by atoms with Gasteiger partial charge in [0.05, 0.1) is 5.57 Å². The lowest BCUT2D eigenvalue weighted by Crippen LogP contribution is -2.51. The smallest absolute Gasteiger partial charge is 0.393 e. The lowest BCUT2D eigenvalue weighted by molar-refractivity contribution is -0.363. The number of pyridine rings is 1. The largest absolute Gasteiger partial charge is 0.737 e. The van der Waals surface area contributed by atoms with E-state index in [9.17, 15) is 0 Å². The van der Waals surface area contributed by atoms with E-state index in [4.69, 9.17) is 0 Å².